The summed E-state index contributed by atoms with van der Waals surface area (Å²) < 4.78 is 33.5. The van der Waals surface area contributed by atoms with Crippen LogP contribution < -0.4 is 20.7 Å². The van der Waals surface area contributed by atoms with Gasteiger partial charge in [0.25, 0.3) is 0 Å². The van der Waals surface area contributed by atoms with Gasteiger partial charge in [0, 0.05) is 13.2 Å². The summed E-state index contributed by atoms with van der Waals surface area (Å²) in [6, 6.07) is 4.41. The van der Waals surface area contributed by atoms with E-state index in [1.165, 1.54) is 34.8 Å². The first-order valence-corrected chi connectivity index (χ1v) is 15.8. The molecule has 1 aromatic carbocycles. The smallest absolute Gasteiger partial charge is 0.229 e. The average molecular weight is 588 g/mol. The van der Waals surface area contributed by atoms with Gasteiger partial charge in [-0.05, 0) is 102 Å². The second-order valence-corrected chi connectivity index (χ2v) is 14.0. The van der Waals surface area contributed by atoms with Crippen molar-refractivity contribution in [3.8, 4) is 5.75 Å². The van der Waals surface area contributed by atoms with E-state index in [2.05, 4.69) is 43.1 Å². The number of hydrogen-bond donors (Lipinski definition) is 3. The van der Waals surface area contributed by atoms with Gasteiger partial charge in [0.15, 0.2) is 5.82 Å². The van der Waals surface area contributed by atoms with E-state index in [4.69, 9.17) is 16.3 Å². The third kappa shape index (κ3) is 6.21. The molecule has 12 heteroatoms. The van der Waals surface area contributed by atoms with Gasteiger partial charge in [-0.15, -0.1) is 0 Å². The van der Waals surface area contributed by atoms with Gasteiger partial charge in [-0.2, -0.15) is 10.1 Å². The van der Waals surface area contributed by atoms with Crippen molar-refractivity contribution in [2.24, 2.45) is 7.05 Å². The summed E-state index contributed by atoms with van der Waals surface area (Å²) in [6.07, 6.45) is 7.69. The number of hydrogen-bond acceptors (Lipinski definition) is 9. The fourth-order valence-electron chi connectivity index (χ4n) is 5.05. The van der Waals surface area contributed by atoms with Crippen molar-refractivity contribution in [3.05, 3.63) is 40.7 Å². The summed E-state index contributed by atoms with van der Waals surface area (Å²) in [5, 5.41) is 13.6. The molecule has 0 amide bonds. The molecule has 0 spiro atoms. The highest BCUT2D eigenvalue weighted by Crippen LogP contribution is 2.48. The third-order valence-electron chi connectivity index (χ3n) is 7.27. The average Bonchev–Trinajstić information content (AvgIpc) is 3.68. The SMILES string of the molecule is CC(C)Oc1cc(C2CCNCC2)c(C2CC2)cc1Nc1ncc(Cl)c(Nc2cn(C)nc2S(=O)(=O)C(C)C)n1. The molecule has 3 heterocycles. The number of rotatable bonds is 10. The number of nitrogens with one attached hydrogen (secondary N) is 3. The number of halogens is 1. The lowest BCUT2D eigenvalue weighted by Gasteiger charge is -2.27. The molecular weight excluding hydrogens is 550 g/mol. The first-order valence-electron chi connectivity index (χ1n) is 13.9. The Morgan fingerprint density at radius 2 is 1.70 bits per heavy atom. The molecular formula is C28H38ClN7O3S. The number of aryl methyl sites for hydroxylation is 1. The quantitative estimate of drug-likeness (QED) is 0.275. The van der Waals surface area contributed by atoms with Crippen molar-refractivity contribution in [2.45, 2.75) is 81.6 Å². The topological polar surface area (TPSA) is 123 Å². The van der Waals surface area contributed by atoms with E-state index in [-0.39, 0.29) is 22.0 Å². The molecule has 0 radical (unpaired) electrons. The Labute approximate surface area is 241 Å². The molecule has 2 aliphatic rings. The van der Waals surface area contributed by atoms with Gasteiger partial charge in [-0.1, -0.05) is 11.6 Å². The maximum Gasteiger partial charge on any atom is 0.229 e. The molecule has 1 aliphatic carbocycles. The van der Waals surface area contributed by atoms with Gasteiger partial charge in [-0.3, -0.25) is 4.68 Å². The molecule has 216 valence electrons. The molecule has 1 saturated heterocycles. The zero-order valence-corrected chi connectivity index (χ0v) is 25.2. The molecule has 2 aromatic heterocycles. The summed E-state index contributed by atoms with van der Waals surface area (Å²) in [5.41, 5.74) is 3.86. The van der Waals surface area contributed by atoms with Crippen LogP contribution in [0.4, 0.5) is 23.1 Å². The van der Waals surface area contributed by atoms with Crippen LogP contribution >= 0.6 is 11.6 Å². The van der Waals surface area contributed by atoms with E-state index in [1.54, 1.807) is 27.1 Å². The van der Waals surface area contributed by atoms with Gasteiger partial charge in [-0.25, -0.2) is 13.4 Å². The van der Waals surface area contributed by atoms with E-state index in [0.717, 1.165) is 37.4 Å². The van der Waals surface area contributed by atoms with Gasteiger partial charge in [0.05, 0.1) is 28.9 Å². The van der Waals surface area contributed by atoms with Crippen LogP contribution in [0, 0.1) is 0 Å². The lowest BCUT2D eigenvalue weighted by molar-refractivity contribution is 0.243. The standard InChI is InChI=1S/C28H38ClN7O3S/c1-16(2)39-25-13-21(19-8-10-30-11-9-19)20(18-6-7-18)12-23(25)33-28-31-14-22(29)26(34-28)32-24-15-36(5)35-27(24)40(37,38)17(3)4/h12-19,30H,6-11H2,1-5H3,(H2,31,32,33,34). The van der Waals surface area contributed by atoms with Gasteiger partial charge >= 0.3 is 0 Å². The minimum atomic E-state index is -3.63. The van der Waals surface area contributed by atoms with Crippen molar-refractivity contribution in [2.75, 3.05) is 23.7 Å². The zero-order valence-electron chi connectivity index (χ0n) is 23.7. The molecule has 3 N–H and O–H groups in total. The van der Waals surface area contributed by atoms with Crippen LogP contribution in [0.2, 0.25) is 5.02 Å². The number of sulfone groups is 1. The number of piperidine rings is 1. The highest BCUT2D eigenvalue weighted by molar-refractivity contribution is 7.92. The van der Waals surface area contributed by atoms with Crippen LogP contribution in [0.25, 0.3) is 0 Å². The zero-order chi connectivity index (χ0) is 28.6. The molecule has 0 atom stereocenters. The Hall–Kier alpha value is -2.89. The van der Waals surface area contributed by atoms with Crippen LogP contribution in [0.15, 0.2) is 29.6 Å². The highest BCUT2D eigenvalue weighted by Gasteiger charge is 2.31. The van der Waals surface area contributed by atoms with Gasteiger partial charge < -0.3 is 20.7 Å². The van der Waals surface area contributed by atoms with Gasteiger partial charge in [0.1, 0.15) is 10.8 Å². The van der Waals surface area contributed by atoms with Crippen LogP contribution in [-0.2, 0) is 16.9 Å². The first-order chi connectivity index (χ1) is 19.0. The molecule has 5 rings (SSSR count). The minimum absolute atomic E-state index is 0.0107. The maximum atomic E-state index is 12.9. The number of ether oxygens (including phenoxy) is 1. The van der Waals surface area contributed by atoms with Crippen molar-refractivity contribution < 1.29 is 13.2 Å². The van der Waals surface area contributed by atoms with E-state index in [0.29, 0.717) is 23.5 Å². The lowest BCUT2D eigenvalue weighted by Crippen LogP contribution is -2.27. The molecule has 3 aromatic rings. The Morgan fingerprint density at radius 3 is 2.35 bits per heavy atom. The molecule has 40 heavy (non-hydrogen) atoms. The van der Waals surface area contributed by atoms with Crippen LogP contribution in [0.5, 0.6) is 5.75 Å². The molecule has 0 unspecified atom stereocenters. The Bertz CT molecular complexity index is 1480. The number of benzene rings is 1. The monoisotopic (exact) mass is 587 g/mol. The second kappa shape index (κ2) is 11.5. The Morgan fingerprint density at radius 1 is 1.02 bits per heavy atom. The fraction of sp³-hybridized carbons (Fsp3) is 0.536. The van der Waals surface area contributed by atoms with Crippen LogP contribution in [0.1, 0.15) is 76.3 Å². The molecule has 1 saturated carbocycles. The number of nitrogens with zero attached hydrogens (tertiary/aromatic N) is 4. The largest absolute Gasteiger partial charge is 0.489 e. The second-order valence-electron chi connectivity index (χ2n) is 11.2. The van der Waals surface area contributed by atoms with Crippen molar-refractivity contribution in [1.82, 2.24) is 25.1 Å². The lowest BCUT2D eigenvalue weighted by atomic mass is 9.85. The number of aromatic nitrogens is 4. The first kappa shape index (κ1) is 28.6. The molecule has 2 fully saturated rings. The number of anilines is 4. The van der Waals surface area contributed by atoms with Crippen molar-refractivity contribution >= 4 is 44.6 Å². The maximum absolute atomic E-state index is 12.9. The predicted octanol–water partition coefficient (Wildman–Crippen LogP) is 5.66. The molecule has 10 nitrogen and oxygen atoms in total. The van der Waals surface area contributed by atoms with Crippen molar-refractivity contribution in [1.29, 1.82) is 0 Å². The van der Waals surface area contributed by atoms with Gasteiger partial charge in [0.2, 0.25) is 20.8 Å². The summed E-state index contributed by atoms with van der Waals surface area (Å²) >= 11 is 6.45. The van der Waals surface area contributed by atoms with Crippen LogP contribution in [0.3, 0.4) is 0 Å². The van der Waals surface area contributed by atoms with E-state index < -0.39 is 15.1 Å². The summed E-state index contributed by atoms with van der Waals surface area (Å²) in [4.78, 5) is 9.01. The van der Waals surface area contributed by atoms with Crippen molar-refractivity contribution in [3.63, 3.8) is 0 Å². The molecule has 0 bridgehead atoms. The summed E-state index contributed by atoms with van der Waals surface area (Å²) in [6.45, 7) is 9.33. The van der Waals surface area contributed by atoms with E-state index in [9.17, 15) is 8.42 Å². The van der Waals surface area contributed by atoms with Crippen LogP contribution in [-0.4, -0.2) is 52.6 Å². The highest BCUT2D eigenvalue weighted by atomic mass is 35.5. The molecule has 1 aliphatic heterocycles. The third-order valence-corrected chi connectivity index (χ3v) is 9.63. The summed E-state index contributed by atoms with van der Waals surface area (Å²) in [5.74, 6) is 2.42. The minimum Gasteiger partial charge on any atom is -0.489 e. The normalized spacial score (nSPS) is 16.5. The Balaban J connectivity index is 1.49. The Kier molecular flexibility index (Phi) is 8.26. The van der Waals surface area contributed by atoms with E-state index in [1.807, 2.05) is 13.8 Å². The fourth-order valence-corrected chi connectivity index (χ4v) is 6.28. The van der Waals surface area contributed by atoms with E-state index >= 15 is 0 Å². The summed E-state index contributed by atoms with van der Waals surface area (Å²) in [7, 11) is -1.97. The predicted molar refractivity (Wildman–Crippen MR) is 158 cm³/mol.